The highest BCUT2D eigenvalue weighted by atomic mass is 15.0. The van der Waals surface area contributed by atoms with Crippen molar-refractivity contribution in [1.82, 2.24) is 15.0 Å². The fraction of sp³-hybridized carbons (Fsp3) is 0.0222. The lowest BCUT2D eigenvalue weighted by atomic mass is 9.67. The van der Waals surface area contributed by atoms with E-state index in [1.54, 1.807) is 0 Å². The molecular formula is C45H28N4. The van der Waals surface area contributed by atoms with Gasteiger partial charge in [0.25, 0.3) is 0 Å². The van der Waals surface area contributed by atoms with Crippen LogP contribution in [-0.4, -0.2) is 15.0 Å². The van der Waals surface area contributed by atoms with Crippen LogP contribution in [-0.2, 0) is 5.41 Å². The van der Waals surface area contributed by atoms with Crippen molar-refractivity contribution in [3.8, 4) is 51.4 Å². The summed E-state index contributed by atoms with van der Waals surface area (Å²) in [5.41, 5.74) is 9.82. The number of aromatic nitrogens is 3. The quantitative estimate of drug-likeness (QED) is 0.191. The minimum atomic E-state index is -0.627. The maximum Gasteiger partial charge on any atom is 0.164 e. The number of hydrogen-bond donors (Lipinski definition) is 0. The van der Waals surface area contributed by atoms with Crippen LogP contribution in [0.15, 0.2) is 170 Å². The maximum atomic E-state index is 9.75. The smallest absolute Gasteiger partial charge is 0.164 e. The maximum absolute atomic E-state index is 9.75. The van der Waals surface area contributed by atoms with E-state index in [1.165, 1.54) is 27.8 Å². The molecule has 0 saturated carbocycles. The Labute approximate surface area is 284 Å². The van der Waals surface area contributed by atoms with Gasteiger partial charge in [0.1, 0.15) is 0 Å². The van der Waals surface area contributed by atoms with Crippen LogP contribution in [0.5, 0.6) is 0 Å². The highest BCUT2D eigenvalue weighted by Gasteiger charge is 2.46. The third kappa shape index (κ3) is 4.64. The molecule has 1 aromatic heterocycles. The predicted octanol–water partition coefficient (Wildman–Crippen LogP) is 10.3. The molecule has 1 heterocycles. The fourth-order valence-electron chi connectivity index (χ4n) is 7.38. The van der Waals surface area contributed by atoms with E-state index in [-0.39, 0.29) is 0 Å². The Balaban J connectivity index is 1.35. The number of nitriles is 1. The molecule has 49 heavy (non-hydrogen) atoms. The molecule has 228 valence electrons. The summed E-state index contributed by atoms with van der Waals surface area (Å²) in [6.07, 6.45) is 0. The molecule has 0 unspecified atom stereocenters. The minimum absolute atomic E-state index is 0.616. The van der Waals surface area contributed by atoms with Crippen molar-refractivity contribution in [2.24, 2.45) is 0 Å². The van der Waals surface area contributed by atoms with E-state index in [2.05, 4.69) is 97.1 Å². The first-order valence-electron chi connectivity index (χ1n) is 16.3. The third-order valence-electron chi connectivity index (χ3n) is 9.59. The Hall–Kier alpha value is -6.70. The molecule has 0 fully saturated rings. The van der Waals surface area contributed by atoms with E-state index in [0.29, 0.717) is 23.0 Å². The van der Waals surface area contributed by atoms with E-state index in [4.69, 9.17) is 15.0 Å². The molecule has 0 saturated heterocycles. The normalized spacial score (nSPS) is 12.6. The van der Waals surface area contributed by atoms with Gasteiger partial charge in [-0.05, 0) is 74.5 Å². The zero-order chi connectivity index (χ0) is 32.8. The molecular weight excluding hydrogens is 597 g/mol. The predicted molar refractivity (Wildman–Crippen MR) is 196 cm³/mol. The second-order valence-electron chi connectivity index (χ2n) is 12.4. The molecule has 4 nitrogen and oxygen atoms in total. The van der Waals surface area contributed by atoms with Crippen LogP contribution in [0.3, 0.4) is 0 Å². The van der Waals surface area contributed by atoms with Crippen LogP contribution in [0.1, 0.15) is 27.8 Å². The van der Waals surface area contributed by atoms with Crippen LogP contribution >= 0.6 is 0 Å². The second-order valence-corrected chi connectivity index (χ2v) is 12.4. The van der Waals surface area contributed by atoms with Crippen molar-refractivity contribution < 1.29 is 0 Å². The average molecular weight is 625 g/mol. The van der Waals surface area contributed by atoms with Gasteiger partial charge in [0, 0.05) is 16.7 Å². The van der Waals surface area contributed by atoms with Gasteiger partial charge in [-0.3, -0.25) is 0 Å². The molecule has 1 aliphatic rings. The lowest BCUT2D eigenvalue weighted by Gasteiger charge is -2.34. The lowest BCUT2D eigenvalue weighted by Crippen LogP contribution is -2.28. The Morgan fingerprint density at radius 3 is 1.47 bits per heavy atom. The molecule has 0 bridgehead atoms. The number of benzene rings is 7. The van der Waals surface area contributed by atoms with E-state index in [1.807, 2.05) is 78.9 Å². The number of fused-ring (bicyclic) bond motifs is 4. The number of hydrogen-bond acceptors (Lipinski definition) is 4. The van der Waals surface area contributed by atoms with E-state index in [0.717, 1.165) is 33.0 Å². The van der Waals surface area contributed by atoms with Gasteiger partial charge in [0.15, 0.2) is 17.5 Å². The Morgan fingerprint density at radius 2 is 0.918 bits per heavy atom. The zero-order valence-electron chi connectivity index (χ0n) is 26.5. The summed E-state index contributed by atoms with van der Waals surface area (Å²) in [6, 6.07) is 61.1. The Bertz CT molecular complexity index is 2440. The molecule has 0 spiro atoms. The first kappa shape index (κ1) is 28.5. The Kier molecular flexibility index (Phi) is 6.71. The topological polar surface area (TPSA) is 62.5 Å². The SMILES string of the molecule is N#Cc1ccc2cc3c(cc2c1)C(c1ccccc1)(c1ccccc1)c1cc(-c2nc(-c4ccccc4)nc(-c4ccccc4)n2)ccc1-3. The molecule has 0 amide bonds. The van der Waals surface area contributed by atoms with E-state index < -0.39 is 5.41 Å². The van der Waals surface area contributed by atoms with Gasteiger partial charge in [-0.1, -0.05) is 140 Å². The van der Waals surface area contributed by atoms with Crippen LogP contribution in [0.2, 0.25) is 0 Å². The fourth-order valence-corrected chi connectivity index (χ4v) is 7.38. The summed E-state index contributed by atoms with van der Waals surface area (Å²) < 4.78 is 0. The van der Waals surface area contributed by atoms with Gasteiger partial charge < -0.3 is 0 Å². The molecule has 4 heteroatoms. The van der Waals surface area contributed by atoms with Crippen molar-refractivity contribution in [1.29, 1.82) is 5.26 Å². The van der Waals surface area contributed by atoms with Crippen molar-refractivity contribution in [2.75, 3.05) is 0 Å². The first-order chi connectivity index (χ1) is 24.2. The summed E-state index contributed by atoms with van der Waals surface area (Å²) in [4.78, 5) is 15.1. The molecule has 0 atom stereocenters. The molecule has 0 aliphatic heterocycles. The molecule has 1 aliphatic carbocycles. The van der Waals surface area contributed by atoms with Gasteiger partial charge in [-0.15, -0.1) is 0 Å². The van der Waals surface area contributed by atoms with Gasteiger partial charge in [-0.2, -0.15) is 5.26 Å². The van der Waals surface area contributed by atoms with Crippen LogP contribution in [0.25, 0.3) is 56.1 Å². The first-order valence-corrected chi connectivity index (χ1v) is 16.3. The molecule has 0 N–H and O–H groups in total. The molecule has 9 rings (SSSR count). The zero-order valence-corrected chi connectivity index (χ0v) is 26.5. The highest BCUT2D eigenvalue weighted by molar-refractivity contribution is 5.97. The highest BCUT2D eigenvalue weighted by Crippen LogP contribution is 2.57. The lowest BCUT2D eigenvalue weighted by molar-refractivity contribution is 0.769. The van der Waals surface area contributed by atoms with Crippen molar-refractivity contribution in [3.63, 3.8) is 0 Å². The van der Waals surface area contributed by atoms with E-state index in [9.17, 15) is 5.26 Å². The molecule has 8 aromatic rings. The largest absolute Gasteiger partial charge is 0.208 e. The number of nitrogens with zero attached hydrogens (tertiary/aromatic N) is 4. The van der Waals surface area contributed by atoms with Crippen molar-refractivity contribution >= 4 is 10.8 Å². The number of rotatable bonds is 5. The monoisotopic (exact) mass is 624 g/mol. The second kappa shape index (κ2) is 11.5. The van der Waals surface area contributed by atoms with E-state index >= 15 is 0 Å². The molecule has 0 radical (unpaired) electrons. The molecule has 7 aromatic carbocycles. The van der Waals surface area contributed by atoms with Crippen molar-refractivity contribution in [2.45, 2.75) is 5.41 Å². The summed E-state index contributed by atoms with van der Waals surface area (Å²) in [7, 11) is 0. The third-order valence-corrected chi connectivity index (χ3v) is 9.59. The van der Waals surface area contributed by atoms with Gasteiger partial charge in [0.05, 0.1) is 17.0 Å². The summed E-state index contributed by atoms with van der Waals surface area (Å²) in [6.45, 7) is 0. The van der Waals surface area contributed by atoms with Crippen molar-refractivity contribution in [3.05, 3.63) is 198 Å². The Morgan fingerprint density at radius 1 is 0.408 bits per heavy atom. The standard InChI is InChI=1S/C45H28N4/c46-29-30-21-22-33-26-39-38-24-23-34(44-48-42(31-13-5-1-6-14-31)47-43(49-44)32-15-7-2-8-16-32)27-40(38)45(36-17-9-3-10-18-36,37-19-11-4-12-20-37)41(39)28-35(33)25-30/h1-28H. The van der Waals surface area contributed by atoms with Gasteiger partial charge >= 0.3 is 0 Å². The van der Waals surface area contributed by atoms with Gasteiger partial charge in [-0.25, -0.2) is 15.0 Å². The average Bonchev–Trinajstić information content (AvgIpc) is 3.47. The minimum Gasteiger partial charge on any atom is -0.208 e. The summed E-state index contributed by atoms with van der Waals surface area (Å²) >= 11 is 0. The van der Waals surface area contributed by atoms with Gasteiger partial charge in [0.2, 0.25) is 0 Å². The summed E-state index contributed by atoms with van der Waals surface area (Å²) in [5, 5.41) is 11.9. The summed E-state index contributed by atoms with van der Waals surface area (Å²) in [5.74, 6) is 1.88. The van der Waals surface area contributed by atoms with Crippen LogP contribution in [0, 0.1) is 11.3 Å². The van der Waals surface area contributed by atoms with Crippen LogP contribution < -0.4 is 0 Å². The van der Waals surface area contributed by atoms with Crippen LogP contribution in [0.4, 0.5) is 0 Å².